The molecule has 0 fully saturated rings. The molecule has 0 saturated carbocycles. The summed E-state index contributed by atoms with van der Waals surface area (Å²) in [6, 6.07) is 0. The maximum absolute atomic E-state index is 13.9. The van der Waals surface area contributed by atoms with Crippen LogP contribution in [0.1, 0.15) is 17.5 Å². The Morgan fingerprint density at radius 2 is 2.10 bits per heavy atom. The summed E-state index contributed by atoms with van der Waals surface area (Å²) >= 11 is 5.75. The van der Waals surface area contributed by atoms with E-state index >= 15 is 0 Å². The van der Waals surface area contributed by atoms with Crippen LogP contribution in [0, 0.1) is 6.92 Å². The van der Waals surface area contributed by atoms with E-state index in [9.17, 15) is 22.4 Å². The molecule has 4 nitrogen and oxygen atoms in total. The van der Waals surface area contributed by atoms with Crippen molar-refractivity contribution in [3.63, 3.8) is 0 Å². The van der Waals surface area contributed by atoms with E-state index in [0.717, 1.165) is 13.0 Å². The lowest BCUT2D eigenvalue weighted by molar-refractivity contribution is -0.138. The van der Waals surface area contributed by atoms with Gasteiger partial charge in [-0.25, -0.2) is 4.39 Å². The van der Waals surface area contributed by atoms with Gasteiger partial charge in [0.2, 0.25) is 0 Å². The van der Waals surface area contributed by atoms with Gasteiger partial charge in [0.15, 0.2) is 0 Å². The molecule has 1 aliphatic carbocycles. The second-order valence-corrected chi connectivity index (χ2v) is 5.03. The van der Waals surface area contributed by atoms with Crippen molar-refractivity contribution >= 4 is 17.3 Å². The molecule has 0 amide bonds. The van der Waals surface area contributed by atoms with Gasteiger partial charge in [-0.1, -0.05) is 0 Å². The summed E-state index contributed by atoms with van der Waals surface area (Å²) in [4.78, 5) is 12.0. The van der Waals surface area contributed by atoms with Crippen LogP contribution in [0.5, 0.6) is 0 Å². The minimum atomic E-state index is -4.70. The lowest BCUT2D eigenvalue weighted by Gasteiger charge is -2.19. The maximum atomic E-state index is 13.9. The number of nitrogens with two attached hydrogens (primary N) is 1. The minimum Gasteiger partial charge on any atom is -0.401 e. The molecule has 1 unspecified atom stereocenters. The second kappa shape index (κ2) is 5.18. The van der Waals surface area contributed by atoms with Gasteiger partial charge >= 0.3 is 6.18 Å². The third kappa shape index (κ3) is 2.80. The minimum absolute atomic E-state index is 0.110. The average molecular weight is 324 g/mol. The molecular formula is C12H10ClF4N3O. The predicted molar refractivity (Wildman–Crippen MR) is 69.1 cm³/mol. The Balaban J connectivity index is 2.61. The number of halogens is 5. The zero-order valence-electron chi connectivity index (χ0n) is 10.7. The molecule has 2 N–H and O–H groups in total. The fourth-order valence-corrected chi connectivity index (χ4v) is 2.08. The first-order chi connectivity index (χ1) is 9.62. The summed E-state index contributed by atoms with van der Waals surface area (Å²) in [7, 11) is 0. The highest BCUT2D eigenvalue weighted by Crippen LogP contribution is 2.31. The maximum Gasteiger partial charge on any atom is 0.418 e. The fourth-order valence-electron chi connectivity index (χ4n) is 1.88. The van der Waals surface area contributed by atoms with Gasteiger partial charge in [0.1, 0.15) is 11.5 Å². The lowest BCUT2D eigenvalue weighted by Crippen LogP contribution is -2.29. The van der Waals surface area contributed by atoms with Crippen molar-refractivity contribution in [2.45, 2.75) is 24.9 Å². The number of rotatable bonds is 1. The van der Waals surface area contributed by atoms with Crippen LogP contribution in [0.3, 0.4) is 0 Å². The van der Waals surface area contributed by atoms with Crippen molar-refractivity contribution in [3.8, 4) is 0 Å². The molecule has 0 aromatic carbocycles. The summed E-state index contributed by atoms with van der Waals surface area (Å²) in [6.07, 6.45) is -3.39. The molecule has 0 bridgehead atoms. The molecule has 0 aliphatic heterocycles. The molecule has 1 aliphatic rings. The van der Waals surface area contributed by atoms with Gasteiger partial charge in [-0.15, -0.1) is 11.6 Å². The highest BCUT2D eigenvalue weighted by molar-refractivity contribution is 6.22. The molecule has 1 atom stereocenters. The van der Waals surface area contributed by atoms with Gasteiger partial charge in [0.25, 0.3) is 5.56 Å². The molecular weight excluding hydrogens is 314 g/mol. The highest BCUT2D eigenvalue weighted by Gasteiger charge is 2.35. The molecule has 21 heavy (non-hydrogen) atoms. The zero-order valence-corrected chi connectivity index (χ0v) is 11.5. The van der Waals surface area contributed by atoms with Crippen LogP contribution >= 0.6 is 11.6 Å². The molecule has 1 aromatic rings. The van der Waals surface area contributed by atoms with Crippen LogP contribution in [-0.2, 0) is 6.18 Å². The molecule has 0 saturated heterocycles. The van der Waals surface area contributed by atoms with Gasteiger partial charge in [-0.2, -0.15) is 23.0 Å². The Bertz CT molecular complexity index is 705. The van der Waals surface area contributed by atoms with Crippen LogP contribution in [0.25, 0.3) is 5.70 Å². The predicted octanol–water partition coefficient (Wildman–Crippen LogP) is 2.56. The van der Waals surface area contributed by atoms with Gasteiger partial charge < -0.3 is 5.73 Å². The van der Waals surface area contributed by atoms with Gasteiger partial charge in [0, 0.05) is 17.7 Å². The van der Waals surface area contributed by atoms with E-state index in [4.69, 9.17) is 17.3 Å². The van der Waals surface area contributed by atoms with E-state index < -0.39 is 34.1 Å². The largest absolute Gasteiger partial charge is 0.418 e. The molecule has 0 radical (unpaired) electrons. The molecule has 0 spiro atoms. The van der Waals surface area contributed by atoms with Crippen LogP contribution in [0.15, 0.2) is 28.6 Å². The monoisotopic (exact) mass is 323 g/mol. The van der Waals surface area contributed by atoms with E-state index in [1.54, 1.807) is 0 Å². The zero-order chi connectivity index (χ0) is 15.9. The summed E-state index contributed by atoms with van der Waals surface area (Å²) < 4.78 is 52.4. The number of hydrogen-bond donors (Lipinski definition) is 1. The molecule has 9 heteroatoms. The smallest absolute Gasteiger partial charge is 0.401 e. The first-order valence-electron chi connectivity index (χ1n) is 5.79. The van der Waals surface area contributed by atoms with E-state index in [-0.39, 0.29) is 17.8 Å². The summed E-state index contributed by atoms with van der Waals surface area (Å²) in [5.74, 6) is -0.766. The number of nitrogens with zero attached hydrogens (tertiary/aromatic N) is 2. The van der Waals surface area contributed by atoms with Crippen LogP contribution in [0.2, 0.25) is 0 Å². The van der Waals surface area contributed by atoms with Crippen molar-refractivity contribution in [2.24, 2.45) is 5.73 Å². The summed E-state index contributed by atoms with van der Waals surface area (Å²) in [5, 5.41) is 2.62. The van der Waals surface area contributed by atoms with Crippen LogP contribution < -0.4 is 11.3 Å². The van der Waals surface area contributed by atoms with E-state index in [1.807, 2.05) is 0 Å². The Morgan fingerprint density at radius 3 is 2.67 bits per heavy atom. The second-order valence-electron chi connectivity index (χ2n) is 4.50. The molecule has 1 aromatic heterocycles. The number of aromatic nitrogens is 2. The number of hydrogen-bond acceptors (Lipinski definition) is 3. The normalized spacial score (nSPS) is 19.7. The summed E-state index contributed by atoms with van der Waals surface area (Å²) in [6.45, 7) is 1.00. The Kier molecular flexibility index (Phi) is 3.83. The van der Waals surface area contributed by atoms with E-state index in [1.165, 1.54) is 0 Å². The van der Waals surface area contributed by atoms with Crippen molar-refractivity contribution in [3.05, 3.63) is 45.3 Å². The van der Waals surface area contributed by atoms with Gasteiger partial charge in [-0.05, 0) is 13.0 Å². The van der Waals surface area contributed by atoms with Crippen LogP contribution in [0.4, 0.5) is 17.6 Å². The van der Waals surface area contributed by atoms with Gasteiger partial charge in [0.05, 0.1) is 17.1 Å². The first kappa shape index (κ1) is 15.6. The van der Waals surface area contributed by atoms with Crippen molar-refractivity contribution in [1.82, 2.24) is 9.78 Å². The number of allylic oxidation sites excluding steroid dienone is 4. The van der Waals surface area contributed by atoms with Crippen LogP contribution in [-0.4, -0.2) is 15.2 Å². The topological polar surface area (TPSA) is 60.9 Å². The summed E-state index contributed by atoms with van der Waals surface area (Å²) in [5.41, 5.74) is 2.58. The SMILES string of the molecule is Cc1c(C(F)(F)F)cnn(C2=C(F)CC(Cl)C(N)=C2)c1=O. The van der Waals surface area contributed by atoms with Gasteiger partial charge in [-0.3, -0.25) is 4.79 Å². The van der Waals surface area contributed by atoms with E-state index in [0.29, 0.717) is 10.9 Å². The third-order valence-corrected chi connectivity index (χ3v) is 3.46. The third-order valence-electron chi connectivity index (χ3n) is 3.05. The first-order valence-corrected chi connectivity index (χ1v) is 6.23. The Hall–Kier alpha value is -1.83. The molecule has 114 valence electrons. The quantitative estimate of drug-likeness (QED) is 0.638. The average Bonchev–Trinajstić information content (AvgIpc) is 2.36. The molecule has 1 heterocycles. The standard InChI is InChI=1S/C12H10ClF4N3O/c1-5-6(12(15,16)17)4-19-20(11(5)21)10-3-9(18)7(13)2-8(10)14/h3-4,7H,2,18H2,1H3. The Morgan fingerprint density at radius 1 is 1.48 bits per heavy atom. The highest BCUT2D eigenvalue weighted by atomic mass is 35.5. The van der Waals surface area contributed by atoms with Crippen molar-refractivity contribution < 1.29 is 17.6 Å². The fraction of sp³-hybridized carbons (Fsp3) is 0.333. The van der Waals surface area contributed by atoms with E-state index in [2.05, 4.69) is 5.10 Å². The van der Waals surface area contributed by atoms with Crippen molar-refractivity contribution in [2.75, 3.05) is 0 Å². The number of alkyl halides is 4. The van der Waals surface area contributed by atoms with Crippen molar-refractivity contribution in [1.29, 1.82) is 0 Å². The Labute approximate surface area is 121 Å². The molecule has 2 rings (SSSR count). The lowest BCUT2D eigenvalue weighted by atomic mass is 10.1.